The molecule has 0 spiro atoms. The molecule has 0 aliphatic carbocycles. The van der Waals surface area contributed by atoms with Crippen LogP contribution in [0.1, 0.15) is 45.8 Å². The number of carboxylic acid groups (broad SMARTS) is 1. The molecule has 1 aliphatic heterocycles. The van der Waals surface area contributed by atoms with Crippen LogP contribution in [0.15, 0.2) is 6.07 Å². The summed E-state index contributed by atoms with van der Waals surface area (Å²) in [5.41, 5.74) is 2.98. The summed E-state index contributed by atoms with van der Waals surface area (Å²) >= 11 is 1.41. The summed E-state index contributed by atoms with van der Waals surface area (Å²) in [7, 11) is 0. The molecule has 7 heteroatoms. The van der Waals surface area contributed by atoms with Gasteiger partial charge in [0.05, 0.1) is 11.3 Å². The Morgan fingerprint density at radius 3 is 2.65 bits per heavy atom. The van der Waals surface area contributed by atoms with Crippen LogP contribution in [-0.2, 0) is 9.53 Å². The van der Waals surface area contributed by atoms with Crippen molar-refractivity contribution >= 4 is 33.4 Å². The molecule has 0 radical (unpaired) electrons. The van der Waals surface area contributed by atoms with Gasteiger partial charge in [0.15, 0.2) is 0 Å². The first-order valence-electron chi connectivity index (χ1n) is 8.86. The number of aromatic nitrogens is 1. The number of pyridine rings is 1. The number of rotatable bonds is 5. The Kier molecular flexibility index (Phi) is 5.58. The number of carboxylic acids is 1. The maximum absolute atomic E-state index is 13.3. The van der Waals surface area contributed by atoms with Gasteiger partial charge in [-0.05, 0) is 50.8 Å². The van der Waals surface area contributed by atoms with Crippen molar-refractivity contribution in [1.29, 1.82) is 0 Å². The molecule has 6 nitrogen and oxygen atoms in total. The summed E-state index contributed by atoms with van der Waals surface area (Å²) in [6.45, 7) is 7.36. The number of hydrogen-bond acceptors (Lipinski definition) is 5. The van der Waals surface area contributed by atoms with Gasteiger partial charge in [-0.2, -0.15) is 0 Å². The Morgan fingerprint density at radius 2 is 2.00 bits per heavy atom. The fourth-order valence-electron chi connectivity index (χ4n) is 3.62. The number of thiophene rings is 1. The summed E-state index contributed by atoms with van der Waals surface area (Å²) in [5, 5.41) is 10.1. The Hall–Kier alpha value is -1.99. The van der Waals surface area contributed by atoms with Crippen LogP contribution in [0.2, 0.25) is 0 Å². The van der Waals surface area contributed by atoms with Gasteiger partial charge in [0.25, 0.3) is 5.91 Å². The number of ether oxygens (including phenoxy) is 1. The predicted octanol–water partition coefficient (Wildman–Crippen LogP) is 3.32. The zero-order valence-electron chi connectivity index (χ0n) is 15.4. The molecule has 1 amide bonds. The van der Waals surface area contributed by atoms with E-state index >= 15 is 0 Å². The fraction of sp³-hybridized carbons (Fsp3) is 0.526. The number of carbonyl (C=O) groups excluding carboxylic acids is 1. The van der Waals surface area contributed by atoms with E-state index in [1.807, 2.05) is 26.8 Å². The Morgan fingerprint density at radius 1 is 1.31 bits per heavy atom. The molecular formula is C19H24N2O4S. The van der Waals surface area contributed by atoms with Crippen LogP contribution in [-0.4, -0.2) is 52.7 Å². The standard InChI is InChI=1S/C19H24N2O4S/c1-11-10-12(2)20-18-16(11)13(3)17(26-18)19(24)21(7-4-15(22)23)14-5-8-25-9-6-14/h10,14H,4-9H2,1-3H3,(H,22,23). The molecule has 3 heterocycles. The van der Waals surface area contributed by atoms with Gasteiger partial charge in [0.2, 0.25) is 0 Å². The van der Waals surface area contributed by atoms with Crippen molar-refractivity contribution in [2.45, 2.75) is 46.1 Å². The van der Waals surface area contributed by atoms with Crippen LogP contribution in [0.25, 0.3) is 10.2 Å². The number of aryl methyl sites for hydroxylation is 3. The average Bonchev–Trinajstić information content (AvgIpc) is 2.92. The Labute approximate surface area is 156 Å². The molecule has 2 aromatic rings. The van der Waals surface area contributed by atoms with Crippen LogP contribution in [0.4, 0.5) is 0 Å². The van der Waals surface area contributed by atoms with Gasteiger partial charge < -0.3 is 14.7 Å². The number of amides is 1. The smallest absolute Gasteiger partial charge is 0.305 e. The van der Waals surface area contributed by atoms with E-state index in [2.05, 4.69) is 4.98 Å². The van der Waals surface area contributed by atoms with Crippen LogP contribution < -0.4 is 0 Å². The summed E-state index contributed by atoms with van der Waals surface area (Å²) in [6, 6.07) is 2.05. The fourth-order valence-corrected chi connectivity index (χ4v) is 4.88. The van der Waals surface area contributed by atoms with E-state index < -0.39 is 5.97 Å². The molecule has 1 N–H and O–H groups in total. The number of carbonyl (C=O) groups is 2. The third-order valence-corrected chi connectivity index (χ3v) is 6.05. The molecular weight excluding hydrogens is 352 g/mol. The minimum absolute atomic E-state index is 0.0241. The van der Waals surface area contributed by atoms with E-state index in [1.54, 1.807) is 4.90 Å². The first-order valence-corrected chi connectivity index (χ1v) is 9.68. The second-order valence-electron chi connectivity index (χ2n) is 6.80. The molecule has 0 bridgehead atoms. The van der Waals surface area contributed by atoms with Crippen molar-refractivity contribution in [2.75, 3.05) is 19.8 Å². The van der Waals surface area contributed by atoms with Crippen molar-refractivity contribution in [2.24, 2.45) is 0 Å². The lowest BCUT2D eigenvalue weighted by molar-refractivity contribution is -0.137. The van der Waals surface area contributed by atoms with Gasteiger partial charge in [-0.15, -0.1) is 11.3 Å². The molecule has 1 aliphatic rings. The van der Waals surface area contributed by atoms with Crippen molar-refractivity contribution < 1.29 is 19.4 Å². The lowest BCUT2D eigenvalue weighted by Gasteiger charge is -2.34. The molecule has 2 aromatic heterocycles. The van der Waals surface area contributed by atoms with Crippen molar-refractivity contribution in [1.82, 2.24) is 9.88 Å². The normalized spacial score (nSPS) is 15.3. The molecule has 0 atom stereocenters. The topological polar surface area (TPSA) is 79.7 Å². The molecule has 26 heavy (non-hydrogen) atoms. The second kappa shape index (κ2) is 7.72. The molecule has 1 fully saturated rings. The van der Waals surface area contributed by atoms with Crippen molar-refractivity contribution in [3.63, 3.8) is 0 Å². The molecule has 3 rings (SSSR count). The number of aliphatic carboxylic acids is 1. The number of hydrogen-bond donors (Lipinski definition) is 1. The lowest BCUT2D eigenvalue weighted by atomic mass is 10.0. The van der Waals surface area contributed by atoms with Crippen molar-refractivity contribution in [3.8, 4) is 0 Å². The molecule has 0 saturated carbocycles. The van der Waals surface area contributed by atoms with Gasteiger partial charge in [-0.3, -0.25) is 9.59 Å². The van der Waals surface area contributed by atoms with Gasteiger partial charge in [0, 0.05) is 36.9 Å². The Bertz CT molecular complexity index is 840. The van der Waals surface area contributed by atoms with E-state index in [-0.39, 0.29) is 24.9 Å². The molecule has 0 aromatic carbocycles. The summed E-state index contributed by atoms with van der Waals surface area (Å²) < 4.78 is 5.40. The molecule has 140 valence electrons. The van der Waals surface area contributed by atoms with Crippen LogP contribution >= 0.6 is 11.3 Å². The number of nitrogens with zero attached hydrogens (tertiary/aromatic N) is 2. The van der Waals surface area contributed by atoms with Gasteiger partial charge in [-0.1, -0.05) is 0 Å². The highest BCUT2D eigenvalue weighted by Gasteiger charge is 2.29. The third-order valence-electron chi connectivity index (χ3n) is 4.88. The maximum Gasteiger partial charge on any atom is 0.305 e. The number of fused-ring (bicyclic) bond motifs is 1. The first kappa shape index (κ1) is 18.8. The van der Waals surface area contributed by atoms with Gasteiger partial charge >= 0.3 is 5.97 Å². The van der Waals surface area contributed by atoms with Crippen LogP contribution in [0, 0.1) is 20.8 Å². The minimum Gasteiger partial charge on any atom is -0.481 e. The average molecular weight is 376 g/mol. The zero-order chi connectivity index (χ0) is 18.8. The SMILES string of the molecule is Cc1cc(C)c2c(C)c(C(=O)N(CCC(=O)O)C3CCOCC3)sc2n1. The van der Waals surface area contributed by atoms with Crippen LogP contribution in [0.5, 0.6) is 0 Å². The molecule has 1 saturated heterocycles. The zero-order valence-corrected chi connectivity index (χ0v) is 16.2. The minimum atomic E-state index is -0.893. The highest BCUT2D eigenvalue weighted by Crippen LogP contribution is 2.34. The predicted molar refractivity (Wildman–Crippen MR) is 101 cm³/mol. The quantitative estimate of drug-likeness (QED) is 0.866. The molecule has 0 unspecified atom stereocenters. The summed E-state index contributed by atoms with van der Waals surface area (Å²) in [5.74, 6) is -0.980. The maximum atomic E-state index is 13.3. The monoisotopic (exact) mass is 376 g/mol. The lowest BCUT2D eigenvalue weighted by Crippen LogP contribution is -2.44. The van der Waals surface area contributed by atoms with E-state index in [0.29, 0.717) is 18.1 Å². The van der Waals surface area contributed by atoms with Gasteiger partial charge in [-0.25, -0.2) is 4.98 Å². The largest absolute Gasteiger partial charge is 0.481 e. The van der Waals surface area contributed by atoms with E-state index in [0.717, 1.165) is 39.9 Å². The van der Waals surface area contributed by atoms with E-state index in [4.69, 9.17) is 9.84 Å². The van der Waals surface area contributed by atoms with E-state index in [9.17, 15) is 9.59 Å². The Balaban J connectivity index is 1.97. The highest BCUT2D eigenvalue weighted by atomic mass is 32.1. The van der Waals surface area contributed by atoms with Crippen LogP contribution in [0.3, 0.4) is 0 Å². The third kappa shape index (κ3) is 3.73. The van der Waals surface area contributed by atoms with Crippen molar-refractivity contribution in [3.05, 3.63) is 27.8 Å². The summed E-state index contributed by atoms with van der Waals surface area (Å²) in [4.78, 5) is 32.2. The first-order chi connectivity index (χ1) is 12.4. The second-order valence-corrected chi connectivity index (χ2v) is 7.80. The van der Waals surface area contributed by atoms with E-state index in [1.165, 1.54) is 11.3 Å². The summed E-state index contributed by atoms with van der Waals surface area (Å²) in [6.07, 6.45) is 1.43. The van der Waals surface area contributed by atoms with Gasteiger partial charge in [0.1, 0.15) is 4.83 Å². The highest BCUT2D eigenvalue weighted by molar-refractivity contribution is 7.20.